The Morgan fingerprint density at radius 3 is 2.51 bits per heavy atom. The number of carbonyl (C=O) groups excluding carboxylic acids is 1. The second kappa shape index (κ2) is 11.4. The van der Waals surface area contributed by atoms with E-state index in [4.69, 9.17) is 9.47 Å². The minimum absolute atomic E-state index is 0.0958. The number of alkyl halides is 3. The number of carbonyl (C=O) groups is 1. The normalized spacial score (nSPS) is 13.8. The van der Waals surface area contributed by atoms with Crippen LogP contribution >= 0.6 is 0 Å². The van der Waals surface area contributed by atoms with Gasteiger partial charge in [0.05, 0.1) is 31.7 Å². The second-order valence-corrected chi connectivity index (χ2v) is 8.26. The fourth-order valence-corrected chi connectivity index (χ4v) is 3.77. The summed E-state index contributed by atoms with van der Waals surface area (Å²) >= 11 is 0. The lowest BCUT2D eigenvalue weighted by atomic mass is 10.0. The highest BCUT2D eigenvalue weighted by atomic mass is 19.4. The first-order chi connectivity index (χ1) is 17.7. The van der Waals surface area contributed by atoms with E-state index in [0.717, 1.165) is 35.0 Å². The Morgan fingerprint density at radius 1 is 1.11 bits per heavy atom. The first-order valence-corrected chi connectivity index (χ1v) is 11.5. The Kier molecular flexibility index (Phi) is 8.09. The summed E-state index contributed by atoms with van der Waals surface area (Å²) in [6.45, 7) is 4.39. The number of nitrogens with one attached hydrogen (secondary N) is 2. The summed E-state index contributed by atoms with van der Waals surface area (Å²) in [7, 11) is 0. The first kappa shape index (κ1) is 26.2. The number of urea groups is 1. The van der Waals surface area contributed by atoms with Gasteiger partial charge in [-0.25, -0.2) is 9.78 Å². The molecule has 196 valence electrons. The monoisotopic (exact) mass is 517 g/mol. The van der Waals surface area contributed by atoms with Gasteiger partial charge in [0.2, 0.25) is 5.88 Å². The zero-order valence-electron chi connectivity index (χ0n) is 20.0. The Labute approximate surface area is 211 Å². The summed E-state index contributed by atoms with van der Waals surface area (Å²) in [6, 6.07) is 10.3. The van der Waals surface area contributed by atoms with Gasteiger partial charge in [0, 0.05) is 24.8 Å². The van der Waals surface area contributed by atoms with Crippen LogP contribution in [0.1, 0.15) is 11.3 Å². The number of hydrogen-bond donors (Lipinski definition) is 3. The summed E-state index contributed by atoms with van der Waals surface area (Å²) in [4.78, 5) is 22.5. The molecular weight excluding hydrogens is 491 g/mol. The van der Waals surface area contributed by atoms with Gasteiger partial charge in [0.25, 0.3) is 0 Å². The van der Waals surface area contributed by atoms with Gasteiger partial charge in [0.1, 0.15) is 18.1 Å². The molecule has 3 heterocycles. The van der Waals surface area contributed by atoms with Gasteiger partial charge in [0.15, 0.2) is 0 Å². The zero-order valence-corrected chi connectivity index (χ0v) is 20.0. The molecule has 0 saturated carbocycles. The number of morpholine rings is 1. The van der Waals surface area contributed by atoms with Crippen molar-refractivity contribution in [1.82, 2.24) is 9.97 Å². The Balaban J connectivity index is 1.55. The molecule has 1 fully saturated rings. The molecule has 0 atom stereocenters. The lowest BCUT2D eigenvalue weighted by Gasteiger charge is -2.28. The molecule has 9 nitrogen and oxygen atoms in total. The lowest BCUT2D eigenvalue weighted by molar-refractivity contribution is -0.141. The van der Waals surface area contributed by atoms with Crippen molar-refractivity contribution in [3.8, 4) is 17.0 Å². The number of aliphatic hydroxyl groups is 1. The summed E-state index contributed by atoms with van der Waals surface area (Å²) in [5.74, 6) is 1.07. The van der Waals surface area contributed by atoms with Crippen molar-refractivity contribution in [3.05, 3.63) is 59.9 Å². The molecule has 12 heteroatoms. The average molecular weight is 518 g/mol. The van der Waals surface area contributed by atoms with Crippen LogP contribution < -0.4 is 20.3 Å². The molecule has 2 amide bonds. The van der Waals surface area contributed by atoms with Gasteiger partial charge in [-0.05, 0) is 53.9 Å². The van der Waals surface area contributed by atoms with Crippen molar-refractivity contribution in [2.24, 2.45) is 0 Å². The minimum atomic E-state index is -4.56. The molecule has 1 aliphatic rings. The largest absolute Gasteiger partial charge is 0.475 e. The molecule has 3 aromatic rings. The molecule has 37 heavy (non-hydrogen) atoms. The number of anilines is 3. The van der Waals surface area contributed by atoms with Crippen molar-refractivity contribution < 1.29 is 32.5 Å². The smallest absolute Gasteiger partial charge is 0.433 e. The van der Waals surface area contributed by atoms with Crippen molar-refractivity contribution in [3.63, 3.8) is 0 Å². The molecule has 0 radical (unpaired) electrons. The van der Waals surface area contributed by atoms with Crippen molar-refractivity contribution in [2.75, 3.05) is 55.1 Å². The Hall–Kier alpha value is -3.90. The molecule has 0 bridgehead atoms. The van der Waals surface area contributed by atoms with E-state index in [0.29, 0.717) is 43.7 Å². The number of amides is 2. The number of rotatable bonds is 7. The number of aliphatic hydroxyl groups excluding tert-OH is 1. The highest BCUT2D eigenvalue weighted by Crippen LogP contribution is 2.32. The second-order valence-electron chi connectivity index (χ2n) is 8.26. The van der Waals surface area contributed by atoms with Crippen LogP contribution in [0, 0.1) is 6.92 Å². The highest BCUT2D eigenvalue weighted by Gasteiger charge is 2.32. The summed E-state index contributed by atoms with van der Waals surface area (Å²) in [6.07, 6.45) is -3.61. The molecule has 2 aromatic heterocycles. The maximum Gasteiger partial charge on any atom is 0.433 e. The van der Waals surface area contributed by atoms with Gasteiger partial charge in [-0.1, -0.05) is 6.07 Å². The molecule has 1 aromatic carbocycles. The standard InChI is InChI=1S/C25H26F3N5O4/c1-16-2-3-18(30-24(35)31-19-4-5-21(29-15-19)25(26,27)28)14-20(16)17-12-22(33-6-9-36-10-7-33)32-23(13-17)37-11-8-34/h2-5,12-15,34H,6-11H2,1H3,(H2,30,31,35). The van der Waals surface area contributed by atoms with E-state index in [2.05, 4.69) is 25.5 Å². The first-order valence-electron chi connectivity index (χ1n) is 11.5. The van der Waals surface area contributed by atoms with E-state index >= 15 is 0 Å². The topological polar surface area (TPSA) is 109 Å². The number of pyridine rings is 2. The third-order valence-corrected chi connectivity index (χ3v) is 5.58. The number of aromatic nitrogens is 2. The van der Waals surface area contributed by atoms with Crippen molar-refractivity contribution in [2.45, 2.75) is 13.1 Å². The van der Waals surface area contributed by atoms with Crippen LogP contribution in [-0.4, -0.2) is 60.6 Å². The van der Waals surface area contributed by atoms with Crippen LogP contribution in [0.4, 0.5) is 35.2 Å². The fourth-order valence-electron chi connectivity index (χ4n) is 3.77. The third kappa shape index (κ3) is 6.86. The van der Waals surface area contributed by atoms with Crippen LogP contribution in [0.5, 0.6) is 5.88 Å². The number of hydrogen-bond acceptors (Lipinski definition) is 7. The molecular formula is C25H26F3N5O4. The van der Waals surface area contributed by atoms with Gasteiger partial charge < -0.3 is 30.1 Å². The molecule has 1 saturated heterocycles. The molecule has 4 rings (SSSR count). The molecule has 3 N–H and O–H groups in total. The van der Waals surface area contributed by atoms with E-state index in [1.807, 2.05) is 19.1 Å². The van der Waals surface area contributed by atoms with Crippen LogP contribution in [0.15, 0.2) is 48.7 Å². The van der Waals surface area contributed by atoms with Gasteiger partial charge in [-0.2, -0.15) is 18.2 Å². The predicted molar refractivity (Wildman–Crippen MR) is 132 cm³/mol. The summed E-state index contributed by atoms with van der Waals surface area (Å²) in [5, 5.41) is 14.3. The number of halogens is 3. The lowest BCUT2D eigenvalue weighted by Crippen LogP contribution is -2.36. The quantitative estimate of drug-likeness (QED) is 0.428. The maximum absolute atomic E-state index is 12.7. The number of benzene rings is 1. The predicted octanol–water partition coefficient (Wildman–Crippen LogP) is 4.32. The Bertz CT molecular complexity index is 1230. The molecule has 0 spiro atoms. The van der Waals surface area contributed by atoms with Crippen LogP contribution in [0.3, 0.4) is 0 Å². The maximum atomic E-state index is 12.7. The SMILES string of the molecule is Cc1ccc(NC(=O)Nc2ccc(C(F)(F)F)nc2)cc1-c1cc(OCCO)nc(N2CCOCC2)c1. The van der Waals surface area contributed by atoms with Crippen molar-refractivity contribution in [1.29, 1.82) is 0 Å². The number of nitrogens with zero attached hydrogens (tertiary/aromatic N) is 3. The molecule has 1 aliphatic heterocycles. The summed E-state index contributed by atoms with van der Waals surface area (Å²) in [5.41, 5.74) is 2.11. The molecule has 0 aliphatic carbocycles. The van der Waals surface area contributed by atoms with E-state index in [9.17, 15) is 23.1 Å². The molecule has 0 unspecified atom stereocenters. The van der Waals surface area contributed by atoms with E-state index in [-0.39, 0.29) is 18.9 Å². The highest BCUT2D eigenvalue weighted by molar-refractivity contribution is 6.00. The fraction of sp³-hybridized carbons (Fsp3) is 0.320. The van der Waals surface area contributed by atoms with Crippen LogP contribution in [-0.2, 0) is 10.9 Å². The summed E-state index contributed by atoms with van der Waals surface area (Å²) < 4.78 is 49.1. The minimum Gasteiger partial charge on any atom is -0.475 e. The average Bonchev–Trinajstić information content (AvgIpc) is 2.88. The van der Waals surface area contributed by atoms with Gasteiger partial charge in [-0.15, -0.1) is 0 Å². The van der Waals surface area contributed by atoms with Crippen LogP contribution in [0.2, 0.25) is 0 Å². The number of ether oxygens (including phenoxy) is 2. The van der Waals surface area contributed by atoms with E-state index in [1.54, 1.807) is 18.2 Å². The van der Waals surface area contributed by atoms with Crippen molar-refractivity contribution >= 4 is 23.2 Å². The zero-order chi connectivity index (χ0) is 26.4. The van der Waals surface area contributed by atoms with E-state index in [1.165, 1.54) is 0 Å². The Morgan fingerprint density at radius 2 is 1.84 bits per heavy atom. The third-order valence-electron chi connectivity index (χ3n) is 5.58. The van der Waals surface area contributed by atoms with Gasteiger partial charge >= 0.3 is 12.2 Å². The van der Waals surface area contributed by atoms with Gasteiger partial charge in [-0.3, -0.25) is 0 Å². The number of aryl methyl sites for hydroxylation is 1. The van der Waals surface area contributed by atoms with E-state index < -0.39 is 17.9 Å². The van der Waals surface area contributed by atoms with Crippen LogP contribution in [0.25, 0.3) is 11.1 Å².